The lowest BCUT2D eigenvalue weighted by Gasteiger charge is -2.41. The Hall–Kier alpha value is -1.69. The van der Waals surface area contributed by atoms with Crippen LogP contribution >= 0.6 is 0 Å². The first-order valence-electron chi connectivity index (χ1n) is 13.2. The largest absolute Gasteiger partial charge is 0.457 e. The second-order valence-electron chi connectivity index (χ2n) is 12.5. The monoisotopic (exact) mass is 486 g/mol. The van der Waals surface area contributed by atoms with Crippen LogP contribution in [0.15, 0.2) is 47.1 Å². The minimum atomic E-state index is -1.65. The molecular weight excluding hydrogens is 440 g/mol. The summed E-state index contributed by atoms with van der Waals surface area (Å²) < 4.78 is 11.3. The summed E-state index contributed by atoms with van der Waals surface area (Å²) in [7, 11) is 0. The van der Waals surface area contributed by atoms with Gasteiger partial charge in [0.15, 0.2) is 5.79 Å². The SMILES string of the molecule is C=C1C(=CC=C2CCC[C@]3(C)C(CC)=CC[C@@H]23)C[C@](O)(OCC(=O)OC(C)(C)C(C)(C)C)CC1O. The molecule has 0 spiro atoms. The van der Waals surface area contributed by atoms with Gasteiger partial charge in [-0.15, -0.1) is 0 Å². The van der Waals surface area contributed by atoms with E-state index in [9.17, 15) is 15.0 Å². The quantitative estimate of drug-likeness (QED) is 0.267. The van der Waals surface area contributed by atoms with Gasteiger partial charge in [0, 0.05) is 18.3 Å². The van der Waals surface area contributed by atoms with Gasteiger partial charge in [-0.3, -0.25) is 0 Å². The molecule has 0 aliphatic heterocycles. The van der Waals surface area contributed by atoms with Gasteiger partial charge in [0.25, 0.3) is 0 Å². The summed E-state index contributed by atoms with van der Waals surface area (Å²) in [5.41, 5.74) is 3.67. The van der Waals surface area contributed by atoms with Crippen molar-refractivity contribution in [2.75, 3.05) is 6.61 Å². The highest BCUT2D eigenvalue weighted by molar-refractivity contribution is 5.71. The van der Waals surface area contributed by atoms with E-state index in [2.05, 4.69) is 32.6 Å². The predicted molar refractivity (Wildman–Crippen MR) is 140 cm³/mol. The molecule has 3 aliphatic rings. The summed E-state index contributed by atoms with van der Waals surface area (Å²) in [6.07, 6.45) is 11.4. The Morgan fingerprint density at radius 2 is 1.94 bits per heavy atom. The van der Waals surface area contributed by atoms with E-state index in [1.54, 1.807) is 5.57 Å². The van der Waals surface area contributed by atoms with Crippen LogP contribution in [-0.4, -0.2) is 40.3 Å². The van der Waals surface area contributed by atoms with Crippen molar-refractivity contribution in [1.29, 1.82) is 0 Å². The Morgan fingerprint density at radius 1 is 1.26 bits per heavy atom. The standard InChI is InChI=1S/C30H46O5/c1-9-23-14-15-24-21(11-10-16-29(23,24)8)12-13-22-17-30(33,18-25(31)20(22)2)34-19-26(32)35-28(6,7)27(3,4)5/h12-14,24-25,31,33H,2,9-11,15-19H2,1,3-8H3/t24-,25?,29+,30-/m0/s1. The molecule has 0 amide bonds. The molecule has 0 aromatic carbocycles. The molecule has 3 aliphatic carbocycles. The molecule has 35 heavy (non-hydrogen) atoms. The summed E-state index contributed by atoms with van der Waals surface area (Å²) in [6.45, 7) is 18.1. The van der Waals surface area contributed by atoms with Crippen molar-refractivity contribution in [1.82, 2.24) is 0 Å². The molecule has 2 N–H and O–H groups in total. The van der Waals surface area contributed by atoms with E-state index in [1.807, 2.05) is 40.7 Å². The second kappa shape index (κ2) is 9.99. The lowest BCUT2D eigenvalue weighted by Crippen LogP contribution is -2.45. The Bertz CT molecular complexity index is 931. The maximum atomic E-state index is 12.5. The number of esters is 1. The number of carbonyl (C=O) groups is 1. The molecule has 196 valence electrons. The van der Waals surface area contributed by atoms with E-state index in [4.69, 9.17) is 9.47 Å². The molecule has 5 nitrogen and oxygen atoms in total. The highest BCUT2D eigenvalue weighted by Gasteiger charge is 2.44. The van der Waals surface area contributed by atoms with Crippen molar-refractivity contribution in [2.45, 2.75) is 111 Å². The summed E-state index contributed by atoms with van der Waals surface area (Å²) in [4.78, 5) is 12.5. The number of hydrogen-bond acceptors (Lipinski definition) is 5. The third kappa shape index (κ3) is 5.84. The minimum absolute atomic E-state index is 0.0276. The molecule has 0 bridgehead atoms. The number of hydrogen-bond donors (Lipinski definition) is 2. The lowest BCUT2D eigenvalue weighted by atomic mass is 9.64. The highest BCUT2D eigenvalue weighted by atomic mass is 16.6. The Kier molecular flexibility index (Phi) is 7.96. The summed E-state index contributed by atoms with van der Waals surface area (Å²) in [5.74, 6) is -1.67. The van der Waals surface area contributed by atoms with Crippen molar-refractivity contribution >= 4 is 5.97 Å². The fraction of sp³-hybridized carbons (Fsp3) is 0.700. The molecule has 2 fully saturated rings. The first kappa shape index (κ1) is 27.9. The van der Waals surface area contributed by atoms with Crippen LogP contribution in [0.25, 0.3) is 0 Å². The third-order valence-electron chi connectivity index (χ3n) is 9.02. The number of allylic oxidation sites excluding steroid dienone is 5. The normalized spacial score (nSPS) is 34.2. The van der Waals surface area contributed by atoms with Gasteiger partial charge in [0.1, 0.15) is 12.2 Å². The molecule has 0 saturated heterocycles. The summed E-state index contributed by atoms with van der Waals surface area (Å²) >= 11 is 0. The maximum absolute atomic E-state index is 12.5. The van der Waals surface area contributed by atoms with E-state index in [0.29, 0.717) is 11.5 Å². The maximum Gasteiger partial charge on any atom is 0.332 e. The van der Waals surface area contributed by atoms with Gasteiger partial charge in [-0.25, -0.2) is 4.79 Å². The fourth-order valence-corrected chi connectivity index (χ4v) is 5.72. The fourth-order valence-electron chi connectivity index (χ4n) is 5.72. The van der Waals surface area contributed by atoms with Crippen molar-refractivity contribution in [3.63, 3.8) is 0 Å². The number of rotatable bonds is 6. The van der Waals surface area contributed by atoms with Gasteiger partial charge in [-0.2, -0.15) is 0 Å². The number of ether oxygens (including phenoxy) is 2. The van der Waals surface area contributed by atoms with Crippen LogP contribution < -0.4 is 0 Å². The smallest absolute Gasteiger partial charge is 0.332 e. The van der Waals surface area contributed by atoms with Crippen LogP contribution in [0.3, 0.4) is 0 Å². The molecule has 0 aromatic rings. The van der Waals surface area contributed by atoms with Gasteiger partial charge in [0.2, 0.25) is 0 Å². The number of fused-ring (bicyclic) bond motifs is 1. The summed E-state index contributed by atoms with van der Waals surface area (Å²) in [5, 5.41) is 21.7. The molecule has 1 unspecified atom stereocenters. The number of aliphatic hydroxyl groups is 2. The molecule has 3 rings (SSSR count). The zero-order chi connectivity index (χ0) is 26.2. The van der Waals surface area contributed by atoms with Crippen LogP contribution in [0.2, 0.25) is 0 Å². The van der Waals surface area contributed by atoms with Crippen molar-refractivity contribution < 1.29 is 24.5 Å². The first-order chi connectivity index (χ1) is 16.1. The molecular formula is C30H46O5. The van der Waals surface area contributed by atoms with E-state index < -0.39 is 23.5 Å². The molecule has 0 heterocycles. The van der Waals surface area contributed by atoms with Crippen LogP contribution in [-0.2, 0) is 14.3 Å². The van der Waals surface area contributed by atoms with E-state index >= 15 is 0 Å². The first-order valence-corrected chi connectivity index (χ1v) is 13.2. The van der Waals surface area contributed by atoms with E-state index in [-0.39, 0.29) is 30.3 Å². The topological polar surface area (TPSA) is 76.0 Å². The average molecular weight is 487 g/mol. The van der Waals surface area contributed by atoms with E-state index in [0.717, 1.165) is 24.8 Å². The highest BCUT2D eigenvalue weighted by Crippen LogP contribution is 2.55. The van der Waals surface area contributed by atoms with Crippen LogP contribution in [0, 0.1) is 16.7 Å². The molecule has 0 radical (unpaired) electrons. The van der Waals surface area contributed by atoms with Crippen LogP contribution in [0.1, 0.15) is 93.4 Å². The van der Waals surface area contributed by atoms with Crippen LogP contribution in [0.4, 0.5) is 0 Å². The van der Waals surface area contributed by atoms with Gasteiger partial charge in [-0.05, 0) is 68.4 Å². The molecule has 0 aromatic heterocycles. The number of carbonyl (C=O) groups excluding carboxylic acids is 1. The Labute approximate surface area is 212 Å². The van der Waals surface area contributed by atoms with Gasteiger partial charge < -0.3 is 19.7 Å². The van der Waals surface area contributed by atoms with Crippen molar-refractivity contribution in [3.05, 3.63) is 47.1 Å². The lowest BCUT2D eigenvalue weighted by molar-refractivity contribution is -0.230. The van der Waals surface area contributed by atoms with Gasteiger partial charge in [0.05, 0.1) is 6.10 Å². The molecule has 2 saturated carbocycles. The third-order valence-corrected chi connectivity index (χ3v) is 9.02. The van der Waals surface area contributed by atoms with Crippen LogP contribution in [0.5, 0.6) is 0 Å². The second-order valence-corrected chi connectivity index (χ2v) is 12.5. The Morgan fingerprint density at radius 3 is 2.57 bits per heavy atom. The predicted octanol–water partition coefficient (Wildman–Crippen LogP) is 6.17. The zero-order valence-corrected chi connectivity index (χ0v) is 22.9. The average Bonchev–Trinajstić information content (AvgIpc) is 3.09. The molecule has 5 heteroatoms. The number of aliphatic hydroxyl groups excluding tert-OH is 1. The van der Waals surface area contributed by atoms with E-state index in [1.165, 1.54) is 18.4 Å². The van der Waals surface area contributed by atoms with Crippen molar-refractivity contribution in [3.8, 4) is 0 Å². The van der Waals surface area contributed by atoms with Gasteiger partial charge in [-0.1, -0.05) is 70.6 Å². The Balaban J connectivity index is 1.71. The van der Waals surface area contributed by atoms with Crippen molar-refractivity contribution in [2.24, 2.45) is 16.7 Å². The minimum Gasteiger partial charge on any atom is -0.457 e. The zero-order valence-electron chi connectivity index (χ0n) is 22.9. The molecule has 4 atom stereocenters. The van der Waals surface area contributed by atoms with Gasteiger partial charge >= 0.3 is 5.97 Å². The summed E-state index contributed by atoms with van der Waals surface area (Å²) in [6, 6.07) is 0.